The lowest BCUT2D eigenvalue weighted by molar-refractivity contribution is 0.102. The van der Waals surface area contributed by atoms with E-state index in [-0.39, 0.29) is 5.91 Å². The lowest BCUT2D eigenvalue weighted by Gasteiger charge is -2.07. The number of halogens is 1. The Hall–Kier alpha value is -1.47. The topological polar surface area (TPSA) is 64.1 Å². The maximum absolute atomic E-state index is 12.0. The number of nitrogens with one attached hydrogen (secondary N) is 1. The Balaban J connectivity index is 2.23. The van der Waals surface area contributed by atoms with Gasteiger partial charge in [-0.05, 0) is 25.1 Å². The molecular formula is C11H10BrN3O2S. The molecule has 0 saturated carbocycles. The average molecular weight is 328 g/mol. The van der Waals surface area contributed by atoms with E-state index in [1.54, 1.807) is 18.2 Å². The minimum absolute atomic E-state index is 0.268. The second kappa shape index (κ2) is 5.45. The van der Waals surface area contributed by atoms with Crippen LogP contribution in [0.2, 0.25) is 0 Å². The van der Waals surface area contributed by atoms with Gasteiger partial charge in [0.2, 0.25) is 5.13 Å². The van der Waals surface area contributed by atoms with Gasteiger partial charge in [0, 0.05) is 4.47 Å². The number of hydrogen-bond acceptors (Lipinski definition) is 5. The van der Waals surface area contributed by atoms with Crippen molar-refractivity contribution < 1.29 is 9.53 Å². The maximum atomic E-state index is 12.0. The number of aromatic nitrogens is 2. The zero-order valence-electron chi connectivity index (χ0n) is 9.73. The van der Waals surface area contributed by atoms with Crippen LogP contribution in [0, 0.1) is 6.92 Å². The Labute approximate surface area is 116 Å². The number of anilines is 1. The molecule has 1 heterocycles. The zero-order chi connectivity index (χ0) is 13.1. The van der Waals surface area contributed by atoms with E-state index in [1.165, 1.54) is 18.4 Å². The second-order valence-electron chi connectivity index (χ2n) is 3.42. The van der Waals surface area contributed by atoms with Crippen molar-refractivity contribution in [1.29, 1.82) is 0 Å². The molecule has 1 aromatic carbocycles. The highest BCUT2D eigenvalue weighted by Gasteiger charge is 2.14. The van der Waals surface area contributed by atoms with Crippen molar-refractivity contribution in [3.05, 3.63) is 33.2 Å². The molecule has 7 heteroatoms. The SMILES string of the molecule is COc1cc(Br)ccc1C(=O)Nc1nnc(C)s1. The van der Waals surface area contributed by atoms with Crippen LogP contribution in [-0.2, 0) is 0 Å². The molecule has 0 spiro atoms. The third-order valence-corrected chi connectivity index (χ3v) is 3.40. The van der Waals surface area contributed by atoms with Crippen molar-refractivity contribution in [2.24, 2.45) is 0 Å². The molecule has 0 fully saturated rings. The van der Waals surface area contributed by atoms with Crippen LogP contribution >= 0.6 is 27.3 Å². The number of carbonyl (C=O) groups is 1. The molecule has 0 aliphatic carbocycles. The fourth-order valence-corrected chi connectivity index (χ4v) is 2.29. The fraction of sp³-hybridized carbons (Fsp3) is 0.182. The summed E-state index contributed by atoms with van der Waals surface area (Å²) in [6.45, 7) is 1.83. The van der Waals surface area contributed by atoms with Crippen molar-refractivity contribution in [3.8, 4) is 5.75 Å². The van der Waals surface area contributed by atoms with Gasteiger partial charge in [0.15, 0.2) is 0 Å². The molecule has 1 N–H and O–H groups in total. The summed E-state index contributed by atoms with van der Waals surface area (Å²) in [6, 6.07) is 5.20. The first-order chi connectivity index (χ1) is 8.60. The summed E-state index contributed by atoms with van der Waals surface area (Å²) >= 11 is 4.65. The Morgan fingerprint density at radius 1 is 1.44 bits per heavy atom. The largest absolute Gasteiger partial charge is 0.496 e. The highest BCUT2D eigenvalue weighted by molar-refractivity contribution is 9.10. The first kappa shape index (κ1) is 13.0. The summed E-state index contributed by atoms with van der Waals surface area (Å²) in [4.78, 5) is 12.0. The number of ether oxygens (including phenoxy) is 1. The van der Waals surface area contributed by atoms with E-state index in [2.05, 4.69) is 31.4 Å². The standard InChI is InChI=1S/C11H10BrN3O2S/c1-6-14-15-11(18-6)13-10(16)8-4-3-7(12)5-9(8)17-2/h3-5H,1-2H3,(H,13,15,16). The van der Waals surface area contributed by atoms with Crippen LogP contribution in [-0.4, -0.2) is 23.2 Å². The molecule has 2 rings (SSSR count). The fourth-order valence-electron chi connectivity index (χ4n) is 1.36. The van der Waals surface area contributed by atoms with Crippen molar-refractivity contribution in [1.82, 2.24) is 10.2 Å². The van der Waals surface area contributed by atoms with E-state index in [0.29, 0.717) is 16.4 Å². The molecular weight excluding hydrogens is 318 g/mol. The molecule has 0 saturated heterocycles. The number of rotatable bonds is 3. The first-order valence-electron chi connectivity index (χ1n) is 5.05. The predicted molar refractivity (Wildman–Crippen MR) is 73.3 cm³/mol. The Bertz CT molecular complexity index is 585. The number of carbonyl (C=O) groups excluding carboxylic acids is 1. The molecule has 0 radical (unpaired) electrons. The molecule has 0 unspecified atom stereocenters. The molecule has 0 aliphatic heterocycles. The van der Waals surface area contributed by atoms with Gasteiger partial charge in [0.1, 0.15) is 10.8 Å². The lowest BCUT2D eigenvalue weighted by Crippen LogP contribution is -2.13. The van der Waals surface area contributed by atoms with Gasteiger partial charge in [-0.1, -0.05) is 27.3 Å². The summed E-state index contributed by atoms with van der Waals surface area (Å²) in [5.74, 6) is 0.235. The number of methoxy groups -OCH3 is 1. The maximum Gasteiger partial charge on any atom is 0.261 e. The van der Waals surface area contributed by atoms with Gasteiger partial charge in [-0.3, -0.25) is 10.1 Å². The van der Waals surface area contributed by atoms with E-state index >= 15 is 0 Å². The van der Waals surface area contributed by atoms with Gasteiger partial charge in [-0.2, -0.15) is 0 Å². The van der Waals surface area contributed by atoms with Gasteiger partial charge < -0.3 is 4.74 Å². The third-order valence-electron chi connectivity index (χ3n) is 2.15. The van der Waals surface area contributed by atoms with Crippen molar-refractivity contribution in [3.63, 3.8) is 0 Å². The van der Waals surface area contributed by atoms with Gasteiger partial charge >= 0.3 is 0 Å². The van der Waals surface area contributed by atoms with Gasteiger partial charge in [0.05, 0.1) is 12.7 Å². The molecule has 0 aliphatic rings. The molecule has 94 valence electrons. The Morgan fingerprint density at radius 3 is 2.83 bits per heavy atom. The third kappa shape index (κ3) is 2.85. The van der Waals surface area contributed by atoms with Crippen LogP contribution in [0.15, 0.2) is 22.7 Å². The Kier molecular flexibility index (Phi) is 3.93. The molecule has 1 amide bonds. The van der Waals surface area contributed by atoms with Gasteiger partial charge in [-0.25, -0.2) is 0 Å². The van der Waals surface area contributed by atoms with Crippen LogP contribution in [0.25, 0.3) is 0 Å². The van der Waals surface area contributed by atoms with Crippen molar-refractivity contribution in [2.75, 3.05) is 12.4 Å². The molecule has 1 aromatic heterocycles. The highest BCUT2D eigenvalue weighted by Crippen LogP contribution is 2.24. The van der Waals surface area contributed by atoms with E-state index in [4.69, 9.17) is 4.74 Å². The first-order valence-corrected chi connectivity index (χ1v) is 6.66. The van der Waals surface area contributed by atoms with E-state index in [1.807, 2.05) is 6.92 Å². The molecule has 0 atom stereocenters. The van der Waals surface area contributed by atoms with Gasteiger partial charge in [-0.15, -0.1) is 10.2 Å². The highest BCUT2D eigenvalue weighted by atomic mass is 79.9. The summed E-state index contributed by atoms with van der Waals surface area (Å²) in [5, 5.41) is 11.6. The molecule has 5 nitrogen and oxygen atoms in total. The van der Waals surface area contributed by atoms with Crippen LogP contribution < -0.4 is 10.1 Å². The van der Waals surface area contributed by atoms with Crippen molar-refractivity contribution >= 4 is 38.3 Å². The van der Waals surface area contributed by atoms with Crippen LogP contribution in [0.5, 0.6) is 5.75 Å². The smallest absolute Gasteiger partial charge is 0.261 e. The zero-order valence-corrected chi connectivity index (χ0v) is 12.1. The summed E-state index contributed by atoms with van der Waals surface area (Å²) in [7, 11) is 1.52. The Morgan fingerprint density at radius 2 is 2.22 bits per heavy atom. The van der Waals surface area contributed by atoms with Crippen LogP contribution in [0.3, 0.4) is 0 Å². The van der Waals surface area contributed by atoms with E-state index in [9.17, 15) is 4.79 Å². The second-order valence-corrected chi connectivity index (χ2v) is 5.52. The summed E-state index contributed by atoms with van der Waals surface area (Å²) in [6.07, 6.45) is 0. The van der Waals surface area contributed by atoms with E-state index in [0.717, 1.165) is 9.48 Å². The quantitative estimate of drug-likeness (QED) is 0.941. The molecule has 2 aromatic rings. The summed E-state index contributed by atoms with van der Waals surface area (Å²) in [5.41, 5.74) is 0.452. The monoisotopic (exact) mass is 327 g/mol. The normalized spacial score (nSPS) is 10.2. The molecule has 18 heavy (non-hydrogen) atoms. The predicted octanol–water partition coefficient (Wildman–Crippen LogP) is 2.87. The lowest BCUT2D eigenvalue weighted by atomic mass is 10.2. The number of hydrogen-bond donors (Lipinski definition) is 1. The number of benzene rings is 1. The van der Waals surface area contributed by atoms with Crippen molar-refractivity contribution in [2.45, 2.75) is 6.92 Å². The minimum Gasteiger partial charge on any atom is -0.496 e. The van der Waals surface area contributed by atoms with Crippen LogP contribution in [0.1, 0.15) is 15.4 Å². The number of amides is 1. The van der Waals surface area contributed by atoms with E-state index < -0.39 is 0 Å². The number of aryl methyl sites for hydroxylation is 1. The summed E-state index contributed by atoms with van der Waals surface area (Å²) < 4.78 is 6.02. The van der Waals surface area contributed by atoms with Gasteiger partial charge in [0.25, 0.3) is 5.91 Å². The van der Waals surface area contributed by atoms with Crippen LogP contribution in [0.4, 0.5) is 5.13 Å². The molecule has 0 bridgehead atoms. The average Bonchev–Trinajstić information content (AvgIpc) is 2.74. The minimum atomic E-state index is -0.268. The number of nitrogens with zero attached hydrogens (tertiary/aromatic N) is 2.